The van der Waals surface area contributed by atoms with Crippen LogP contribution in [0, 0.1) is 10.5 Å². The minimum atomic E-state index is 0.877. The van der Waals surface area contributed by atoms with Gasteiger partial charge in [-0.15, -0.1) is 0 Å². The summed E-state index contributed by atoms with van der Waals surface area (Å²) in [5, 5.41) is 3.45. The maximum absolute atomic E-state index is 3.45. The van der Waals surface area contributed by atoms with Gasteiger partial charge < -0.3 is 5.32 Å². The number of aryl methyl sites for hydroxylation is 1. The van der Waals surface area contributed by atoms with Crippen molar-refractivity contribution in [3.05, 3.63) is 63.2 Å². The molecule has 2 aromatic rings. The fourth-order valence-electron chi connectivity index (χ4n) is 1.62. The third kappa shape index (κ3) is 2.98. The van der Waals surface area contributed by atoms with E-state index in [0.29, 0.717) is 0 Å². The van der Waals surface area contributed by atoms with Gasteiger partial charge in [0.1, 0.15) is 0 Å². The van der Waals surface area contributed by atoms with Crippen LogP contribution in [-0.2, 0) is 6.54 Å². The first-order valence-corrected chi connectivity index (χ1v) is 6.37. The Balaban J connectivity index is 2.05. The zero-order valence-corrected chi connectivity index (χ0v) is 11.4. The van der Waals surface area contributed by atoms with E-state index in [-0.39, 0.29) is 0 Å². The Morgan fingerprint density at radius 2 is 1.81 bits per heavy atom. The molecule has 0 aliphatic heterocycles. The lowest BCUT2D eigenvalue weighted by molar-refractivity contribution is 1.14. The molecule has 2 rings (SSSR count). The van der Waals surface area contributed by atoms with Crippen molar-refractivity contribution in [1.82, 2.24) is 0 Å². The fraction of sp³-hybridized carbons (Fsp3) is 0.143. The lowest BCUT2D eigenvalue weighted by atomic mass is 10.2. The molecule has 2 aromatic carbocycles. The first kappa shape index (κ1) is 11.5. The lowest BCUT2D eigenvalue weighted by Crippen LogP contribution is -2.00. The van der Waals surface area contributed by atoms with Gasteiger partial charge in [-0.05, 0) is 58.8 Å². The summed E-state index contributed by atoms with van der Waals surface area (Å²) in [5.74, 6) is 0. The van der Waals surface area contributed by atoms with Crippen molar-refractivity contribution >= 4 is 28.3 Å². The molecule has 0 aliphatic rings. The van der Waals surface area contributed by atoms with E-state index in [0.717, 1.165) is 6.54 Å². The average Bonchev–Trinajstić information content (AvgIpc) is 2.29. The maximum atomic E-state index is 3.45. The average molecular weight is 323 g/mol. The van der Waals surface area contributed by atoms with Crippen molar-refractivity contribution in [1.29, 1.82) is 0 Å². The second-order valence-electron chi connectivity index (χ2n) is 3.80. The second kappa shape index (κ2) is 5.34. The van der Waals surface area contributed by atoms with Crippen LogP contribution in [0.5, 0.6) is 0 Å². The number of nitrogens with one attached hydrogen (secondary N) is 1. The van der Waals surface area contributed by atoms with Gasteiger partial charge in [-0.1, -0.05) is 30.3 Å². The van der Waals surface area contributed by atoms with Crippen molar-refractivity contribution in [3.63, 3.8) is 0 Å². The molecule has 0 aromatic heterocycles. The fourth-order valence-corrected chi connectivity index (χ4v) is 2.27. The Labute approximate surface area is 110 Å². The maximum Gasteiger partial charge on any atom is 0.0400 e. The monoisotopic (exact) mass is 323 g/mol. The van der Waals surface area contributed by atoms with E-state index in [1.807, 2.05) is 6.07 Å². The van der Waals surface area contributed by atoms with E-state index in [1.54, 1.807) is 0 Å². The Bertz CT molecular complexity index is 465. The standard InChI is InChI=1S/C14H14IN/c1-11-9-13(15)7-8-14(11)16-10-12-5-3-2-4-6-12/h2-9,16H,10H2,1H3. The predicted octanol–water partition coefficient (Wildman–Crippen LogP) is 4.21. The molecule has 82 valence electrons. The number of halogens is 1. The topological polar surface area (TPSA) is 12.0 Å². The first-order chi connectivity index (χ1) is 7.75. The summed E-state index contributed by atoms with van der Waals surface area (Å²) in [6.07, 6.45) is 0. The molecule has 0 saturated carbocycles. The summed E-state index contributed by atoms with van der Waals surface area (Å²) < 4.78 is 1.28. The zero-order valence-electron chi connectivity index (χ0n) is 9.20. The third-order valence-electron chi connectivity index (χ3n) is 2.51. The van der Waals surface area contributed by atoms with Gasteiger partial charge in [-0.3, -0.25) is 0 Å². The predicted molar refractivity (Wildman–Crippen MR) is 77.7 cm³/mol. The number of anilines is 1. The normalized spacial score (nSPS) is 10.1. The molecule has 0 aliphatic carbocycles. The summed E-state index contributed by atoms with van der Waals surface area (Å²) in [4.78, 5) is 0. The van der Waals surface area contributed by atoms with Gasteiger partial charge >= 0.3 is 0 Å². The van der Waals surface area contributed by atoms with Gasteiger partial charge in [0.15, 0.2) is 0 Å². The van der Waals surface area contributed by atoms with Gasteiger partial charge in [0, 0.05) is 15.8 Å². The quantitative estimate of drug-likeness (QED) is 0.834. The Kier molecular flexibility index (Phi) is 3.83. The van der Waals surface area contributed by atoms with Crippen LogP contribution in [0.15, 0.2) is 48.5 Å². The van der Waals surface area contributed by atoms with Crippen molar-refractivity contribution in [3.8, 4) is 0 Å². The van der Waals surface area contributed by atoms with Crippen LogP contribution >= 0.6 is 22.6 Å². The molecule has 0 unspecified atom stereocenters. The van der Waals surface area contributed by atoms with Crippen LogP contribution in [0.2, 0.25) is 0 Å². The molecule has 16 heavy (non-hydrogen) atoms. The minimum absolute atomic E-state index is 0.877. The summed E-state index contributed by atoms with van der Waals surface area (Å²) in [7, 11) is 0. The molecule has 2 heteroatoms. The number of hydrogen-bond acceptors (Lipinski definition) is 1. The van der Waals surface area contributed by atoms with Crippen molar-refractivity contribution in [2.45, 2.75) is 13.5 Å². The molecular weight excluding hydrogens is 309 g/mol. The van der Waals surface area contributed by atoms with Crippen LogP contribution in [0.3, 0.4) is 0 Å². The van der Waals surface area contributed by atoms with E-state index in [1.165, 1.54) is 20.4 Å². The minimum Gasteiger partial charge on any atom is -0.381 e. The van der Waals surface area contributed by atoms with Crippen molar-refractivity contribution in [2.24, 2.45) is 0 Å². The largest absolute Gasteiger partial charge is 0.381 e. The van der Waals surface area contributed by atoms with Crippen molar-refractivity contribution < 1.29 is 0 Å². The Morgan fingerprint density at radius 1 is 1.06 bits per heavy atom. The zero-order chi connectivity index (χ0) is 11.4. The number of benzene rings is 2. The van der Waals surface area contributed by atoms with Gasteiger partial charge in [-0.2, -0.15) is 0 Å². The summed E-state index contributed by atoms with van der Waals surface area (Å²) >= 11 is 2.33. The van der Waals surface area contributed by atoms with Crippen molar-refractivity contribution in [2.75, 3.05) is 5.32 Å². The molecule has 1 N–H and O–H groups in total. The SMILES string of the molecule is Cc1cc(I)ccc1NCc1ccccc1. The Morgan fingerprint density at radius 3 is 2.50 bits per heavy atom. The number of rotatable bonds is 3. The summed E-state index contributed by atoms with van der Waals surface area (Å²) in [6, 6.07) is 16.9. The molecule has 0 radical (unpaired) electrons. The van der Waals surface area contributed by atoms with Crippen LogP contribution in [0.25, 0.3) is 0 Å². The highest BCUT2D eigenvalue weighted by Crippen LogP contribution is 2.18. The van der Waals surface area contributed by atoms with Gasteiger partial charge in [0.05, 0.1) is 0 Å². The summed E-state index contributed by atoms with van der Waals surface area (Å²) in [5.41, 5.74) is 3.81. The smallest absolute Gasteiger partial charge is 0.0400 e. The molecular formula is C14H14IN. The highest BCUT2D eigenvalue weighted by molar-refractivity contribution is 14.1. The van der Waals surface area contributed by atoms with Crippen LogP contribution < -0.4 is 5.32 Å². The molecule has 0 atom stereocenters. The molecule has 0 bridgehead atoms. The lowest BCUT2D eigenvalue weighted by Gasteiger charge is -2.09. The van der Waals surface area contributed by atoms with Gasteiger partial charge in [0.25, 0.3) is 0 Å². The summed E-state index contributed by atoms with van der Waals surface area (Å²) in [6.45, 7) is 3.01. The highest BCUT2D eigenvalue weighted by atomic mass is 127. The van der Waals surface area contributed by atoms with Crippen LogP contribution in [0.1, 0.15) is 11.1 Å². The van der Waals surface area contributed by atoms with E-state index < -0.39 is 0 Å². The molecule has 0 saturated heterocycles. The number of hydrogen-bond donors (Lipinski definition) is 1. The third-order valence-corrected chi connectivity index (χ3v) is 3.19. The van der Waals surface area contributed by atoms with Crippen LogP contribution in [-0.4, -0.2) is 0 Å². The molecule has 0 amide bonds. The van der Waals surface area contributed by atoms with E-state index in [9.17, 15) is 0 Å². The van der Waals surface area contributed by atoms with E-state index in [2.05, 4.69) is 77.3 Å². The highest BCUT2D eigenvalue weighted by Gasteiger charge is 1.98. The van der Waals surface area contributed by atoms with Gasteiger partial charge in [0.2, 0.25) is 0 Å². The van der Waals surface area contributed by atoms with E-state index >= 15 is 0 Å². The molecule has 0 fully saturated rings. The first-order valence-electron chi connectivity index (χ1n) is 5.29. The van der Waals surface area contributed by atoms with Gasteiger partial charge in [-0.25, -0.2) is 0 Å². The Hall–Kier alpha value is -1.03. The second-order valence-corrected chi connectivity index (χ2v) is 5.04. The molecule has 0 spiro atoms. The van der Waals surface area contributed by atoms with E-state index in [4.69, 9.17) is 0 Å². The molecule has 1 nitrogen and oxygen atoms in total. The molecule has 0 heterocycles. The van der Waals surface area contributed by atoms with Crippen LogP contribution in [0.4, 0.5) is 5.69 Å².